The van der Waals surface area contributed by atoms with Gasteiger partial charge in [0, 0.05) is 23.1 Å². The Balaban J connectivity index is 1.78. The molecule has 0 aliphatic carbocycles. The minimum absolute atomic E-state index is 0.0426. The van der Waals surface area contributed by atoms with Crippen LogP contribution in [0.2, 0.25) is 0 Å². The second-order valence-electron chi connectivity index (χ2n) is 5.95. The molecule has 1 amide bonds. The molecule has 1 atom stereocenters. The van der Waals surface area contributed by atoms with Crippen molar-refractivity contribution in [1.82, 2.24) is 24.6 Å². The van der Waals surface area contributed by atoms with Gasteiger partial charge < -0.3 is 9.88 Å². The molecule has 124 valence electrons. The first-order chi connectivity index (χ1) is 11.6. The van der Waals surface area contributed by atoms with Crippen LogP contribution in [0, 0.1) is 13.8 Å². The first-order valence-electron chi connectivity index (χ1n) is 7.94. The Hall–Kier alpha value is -2.89. The molecule has 2 heterocycles. The standard InChI is InChI=1S/C18H21N5O/c1-13(10-22-12-19-11-20-22)21-18(24)17-9-14(2)23(15(17)3)16-7-5-4-6-8-16/h4-9,11-13H,10H2,1-3H3,(H,21,24). The maximum absolute atomic E-state index is 12.6. The molecule has 6 nitrogen and oxygen atoms in total. The highest BCUT2D eigenvalue weighted by molar-refractivity contribution is 5.96. The van der Waals surface area contributed by atoms with Crippen LogP contribution in [0.5, 0.6) is 0 Å². The molecule has 2 aromatic heterocycles. The van der Waals surface area contributed by atoms with Crippen molar-refractivity contribution in [3.05, 3.63) is 66.0 Å². The normalized spacial score (nSPS) is 12.1. The number of amides is 1. The molecule has 1 N–H and O–H groups in total. The van der Waals surface area contributed by atoms with Gasteiger partial charge in [0.05, 0.1) is 12.1 Å². The highest BCUT2D eigenvalue weighted by Gasteiger charge is 2.18. The molecule has 0 aliphatic rings. The lowest BCUT2D eigenvalue weighted by molar-refractivity contribution is 0.0935. The second-order valence-corrected chi connectivity index (χ2v) is 5.95. The van der Waals surface area contributed by atoms with E-state index in [0.29, 0.717) is 12.1 Å². The smallest absolute Gasteiger partial charge is 0.253 e. The summed E-state index contributed by atoms with van der Waals surface area (Å²) in [6, 6.07) is 11.9. The minimum atomic E-state index is -0.0714. The average Bonchev–Trinajstić information content (AvgIpc) is 3.16. The van der Waals surface area contributed by atoms with Crippen molar-refractivity contribution in [1.29, 1.82) is 0 Å². The Morgan fingerprint density at radius 2 is 2.00 bits per heavy atom. The minimum Gasteiger partial charge on any atom is -0.348 e. The van der Waals surface area contributed by atoms with Crippen LogP contribution in [-0.2, 0) is 6.54 Å². The number of carbonyl (C=O) groups excluding carboxylic acids is 1. The monoisotopic (exact) mass is 323 g/mol. The first-order valence-corrected chi connectivity index (χ1v) is 7.94. The predicted molar refractivity (Wildman–Crippen MR) is 92.2 cm³/mol. The summed E-state index contributed by atoms with van der Waals surface area (Å²) in [5.41, 5.74) is 3.72. The molecule has 0 fully saturated rings. The Morgan fingerprint density at radius 3 is 2.67 bits per heavy atom. The molecule has 0 saturated carbocycles. The zero-order valence-corrected chi connectivity index (χ0v) is 14.1. The van der Waals surface area contributed by atoms with E-state index in [0.717, 1.165) is 17.1 Å². The fourth-order valence-electron chi connectivity index (χ4n) is 2.92. The molecule has 1 aromatic carbocycles. The van der Waals surface area contributed by atoms with Crippen molar-refractivity contribution >= 4 is 5.91 Å². The van der Waals surface area contributed by atoms with Crippen molar-refractivity contribution in [3.63, 3.8) is 0 Å². The molecule has 0 radical (unpaired) electrons. The van der Waals surface area contributed by atoms with Gasteiger partial charge in [-0.1, -0.05) is 18.2 Å². The number of hydrogen-bond acceptors (Lipinski definition) is 3. The van der Waals surface area contributed by atoms with E-state index in [2.05, 4.69) is 20.0 Å². The summed E-state index contributed by atoms with van der Waals surface area (Å²) in [6.45, 7) is 6.52. The lowest BCUT2D eigenvalue weighted by atomic mass is 10.2. The topological polar surface area (TPSA) is 64.7 Å². The Bertz CT molecular complexity index is 821. The summed E-state index contributed by atoms with van der Waals surface area (Å²) in [7, 11) is 0. The van der Waals surface area contributed by atoms with Gasteiger partial charge in [-0.05, 0) is 39.0 Å². The van der Waals surface area contributed by atoms with E-state index in [9.17, 15) is 4.79 Å². The third-order valence-electron chi connectivity index (χ3n) is 4.00. The average molecular weight is 323 g/mol. The molecule has 0 aliphatic heterocycles. The number of para-hydroxylation sites is 1. The van der Waals surface area contributed by atoms with E-state index >= 15 is 0 Å². The number of benzene rings is 1. The van der Waals surface area contributed by atoms with Crippen molar-refractivity contribution in [2.75, 3.05) is 0 Å². The highest BCUT2D eigenvalue weighted by Crippen LogP contribution is 2.20. The molecule has 0 saturated heterocycles. The van der Waals surface area contributed by atoms with Crippen molar-refractivity contribution in [2.24, 2.45) is 0 Å². The number of nitrogens with one attached hydrogen (secondary N) is 1. The number of hydrogen-bond donors (Lipinski definition) is 1. The van der Waals surface area contributed by atoms with Crippen LogP contribution >= 0.6 is 0 Å². The van der Waals surface area contributed by atoms with E-state index in [1.807, 2.05) is 57.2 Å². The van der Waals surface area contributed by atoms with Crippen LogP contribution in [0.25, 0.3) is 5.69 Å². The van der Waals surface area contributed by atoms with Crippen molar-refractivity contribution in [2.45, 2.75) is 33.4 Å². The number of aromatic nitrogens is 4. The fraction of sp³-hybridized carbons (Fsp3) is 0.278. The third-order valence-corrected chi connectivity index (χ3v) is 4.00. The molecule has 24 heavy (non-hydrogen) atoms. The summed E-state index contributed by atoms with van der Waals surface area (Å²) in [6.07, 6.45) is 3.13. The SMILES string of the molecule is Cc1cc(C(=O)NC(C)Cn2cncn2)c(C)n1-c1ccccc1. The van der Waals surface area contributed by atoms with Gasteiger partial charge in [0.1, 0.15) is 12.7 Å². The summed E-state index contributed by atoms with van der Waals surface area (Å²) in [4.78, 5) is 16.5. The maximum Gasteiger partial charge on any atom is 0.253 e. The summed E-state index contributed by atoms with van der Waals surface area (Å²) >= 11 is 0. The number of aryl methyl sites for hydroxylation is 1. The molecule has 3 aromatic rings. The van der Waals surface area contributed by atoms with Crippen LogP contribution in [0.3, 0.4) is 0 Å². The molecule has 1 unspecified atom stereocenters. The molecule has 6 heteroatoms. The van der Waals surface area contributed by atoms with Crippen LogP contribution in [0.15, 0.2) is 49.1 Å². The lowest BCUT2D eigenvalue weighted by Gasteiger charge is -2.14. The van der Waals surface area contributed by atoms with Gasteiger partial charge >= 0.3 is 0 Å². The Morgan fingerprint density at radius 1 is 1.25 bits per heavy atom. The highest BCUT2D eigenvalue weighted by atomic mass is 16.1. The quantitative estimate of drug-likeness (QED) is 0.784. The number of rotatable bonds is 5. The van der Waals surface area contributed by atoms with Crippen LogP contribution in [0.4, 0.5) is 0 Å². The zero-order valence-electron chi connectivity index (χ0n) is 14.1. The van der Waals surface area contributed by atoms with E-state index in [4.69, 9.17) is 0 Å². The summed E-state index contributed by atoms with van der Waals surface area (Å²) in [5, 5.41) is 7.09. The Labute approximate surface area is 141 Å². The van der Waals surface area contributed by atoms with Gasteiger partial charge in [0.25, 0.3) is 5.91 Å². The van der Waals surface area contributed by atoms with Gasteiger partial charge in [-0.15, -0.1) is 0 Å². The van der Waals surface area contributed by atoms with Crippen molar-refractivity contribution < 1.29 is 4.79 Å². The van der Waals surface area contributed by atoms with Crippen LogP contribution < -0.4 is 5.32 Å². The van der Waals surface area contributed by atoms with Crippen molar-refractivity contribution in [3.8, 4) is 5.69 Å². The van der Waals surface area contributed by atoms with Gasteiger partial charge in [0.2, 0.25) is 0 Å². The summed E-state index contributed by atoms with van der Waals surface area (Å²) < 4.78 is 3.80. The van der Waals surface area contributed by atoms with E-state index in [1.54, 1.807) is 11.0 Å². The predicted octanol–water partition coefficient (Wildman–Crippen LogP) is 2.50. The number of carbonyl (C=O) groups is 1. The number of nitrogens with zero attached hydrogens (tertiary/aromatic N) is 4. The fourth-order valence-corrected chi connectivity index (χ4v) is 2.92. The molecular weight excluding hydrogens is 302 g/mol. The van der Waals surface area contributed by atoms with Crippen LogP contribution in [0.1, 0.15) is 28.7 Å². The van der Waals surface area contributed by atoms with Gasteiger partial charge in [-0.3, -0.25) is 9.48 Å². The first kappa shape index (κ1) is 16.0. The summed E-state index contributed by atoms with van der Waals surface area (Å²) in [5.74, 6) is -0.0714. The third kappa shape index (κ3) is 3.22. The van der Waals surface area contributed by atoms with Gasteiger partial charge in [-0.2, -0.15) is 5.10 Å². The zero-order chi connectivity index (χ0) is 17.1. The Kier molecular flexibility index (Phi) is 4.46. The van der Waals surface area contributed by atoms with Gasteiger partial charge in [-0.25, -0.2) is 4.98 Å². The van der Waals surface area contributed by atoms with Crippen LogP contribution in [-0.4, -0.2) is 31.3 Å². The maximum atomic E-state index is 12.6. The molecule has 0 spiro atoms. The molecule has 0 bridgehead atoms. The lowest BCUT2D eigenvalue weighted by Crippen LogP contribution is -2.36. The van der Waals surface area contributed by atoms with E-state index in [-0.39, 0.29) is 11.9 Å². The molecule has 3 rings (SSSR count). The van der Waals surface area contributed by atoms with E-state index in [1.165, 1.54) is 6.33 Å². The largest absolute Gasteiger partial charge is 0.348 e. The van der Waals surface area contributed by atoms with E-state index < -0.39 is 0 Å². The van der Waals surface area contributed by atoms with Gasteiger partial charge in [0.15, 0.2) is 0 Å². The molecular formula is C18H21N5O. The second kappa shape index (κ2) is 6.70.